The number of nitrogens with zero attached hydrogens (tertiary/aromatic N) is 3. The van der Waals surface area contributed by atoms with E-state index in [1.807, 2.05) is 54.7 Å². The average molecular weight is 336 g/mol. The molecule has 0 radical (unpaired) electrons. The second kappa shape index (κ2) is 5.98. The Bertz CT molecular complexity index is 907. The van der Waals surface area contributed by atoms with Crippen LogP contribution in [0.3, 0.4) is 0 Å². The molecule has 4 rings (SSSR count). The molecule has 1 aliphatic rings. The molecule has 3 aromatic rings. The Hall–Kier alpha value is -2.85. The molecule has 3 heterocycles. The summed E-state index contributed by atoms with van der Waals surface area (Å²) in [7, 11) is 0. The van der Waals surface area contributed by atoms with Gasteiger partial charge in [-0.2, -0.15) is 0 Å². The fourth-order valence-corrected chi connectivity index (χ4v) is 3.00. The molecule has 0 bridgehead atoms. The topological polar surface area (TPSA) is 43.1 Å². The Kier molecular flexibility index (Phi) is 3.67. The van der Waals surface area contributed by atoms with Crippen molar-refractivity contribution in [3.05, 3.63) is 89.7 Å². The molecule has 0 saturated heterocycles. The molecule has 0 saturated carbocycles. The molecule has 0 amide bonds. The summed E-state index contributed by atoms with van der Waals surface area (Å²) in [5, 5.41) is 13.6. The van der Waals surface area contributed by atoms with E-state index < -0.39 is 0 Å². The zero-order valence-corrected chi connectivity index (χ0v) is 13.5. The fraction of sp³-hybridized carbons (Fsp3) is 0.0526. The highest BCUT2D eigenvalue weighted by Gasteiger charge is 2.29. The van der Waals surface area contributed by atoms with Crippen LogP contribution in [0.15, 0.2) is 78.9 Å². The molecule has 0 atom stereocenters. The first-order chi connectivity index (χ1) is 11.7. The summed E-state index contributed by atoms with van der Waals surface area (Å²) in [6, 6.07) is 19.0. The number of aromatic nitrogens is 2. The molecule has 4 nitrogen and oxygen atoms in total. The Balaban J connectivity index is 1.91. The molecule has 0 spiro atoms. The van der Waals surface area contributed by atoms with Crippen LogP contribution in [0.1, 0.15) is 5.56 Å². The Labute approximate surface area is 144 Å². The average Bonchev–Trinajstić information content (AvgIpc) is 2.63. The van der Waals surface area contributed by atoms with Gasteiger partial charge in [0.05, 0.1) is 18.3 Å². The maximum Gasteiger partial charge on any atom is 0.286 e. The van der Waals surface area contributed by atoms with Gasteiger partial charge in [-0.05, 0) is 23.8 Å². The van der Waals surface area contributed by atoms with Gasteiger partial charge < -0.3 is 5.11 Å². The van der Waals surface area contributed by atoms with E-state index in [-0.39, 0.29) is 5.88 Å². The predicted molar refractivity (Wildman–Crippen MR) is 91.4 cm³/mol. The van der Waals surface area contributed by atoms with E-state index in [1.54, 1.807) is 23.2 Å². The van der Waals surface area contributed by atoms with Crippen molar-refractivity contribution in [1.82, 2.24) is 4.98 Å². The van der Waals surface area contributed by atoms with Gasteiger partial charge in [0, 0.05) is 11.6 Å². The van der Waals surface area contributed by atoms with Gasteiger partial charge in [-0.15, -0.1) is 0 Å². The summed E-state index contributed by atoms with van der Waals surface area (Å²) in [6.07, 6.45) is 3.59. The summed E-state index contributed by atoms with van der Waals surface area (Å²) >= 11 is 5.89. The van der Waals surface area contributed by atoms with Gasteiger partial charge in [-0.1, -0.05) is 48.0 Å². The molecule has 0 N–H and O–H groups in total. The van der Waals surface area contributed by atoms with Crippen molar-refractivity contribution in [1.29, 1.82) is 0 Å². The summed E-state index contributed by atoms with van der Waals surface area (Å²) in [4.78, 5) is 5.79. The first kappa shape index (κ1) is 14.7. The molecule has 1 aliphatic heterocycles. The lowest BCUT2D eigenvalue weighted by Gasteiger charge is -2.31. The van der Waals surface area contributed by atoms with Crippen LogP contribution in [0.4, 0.5) is 11.5 Å². The van der Waals surface area contributed by atoms with Crippen LogP contribution in [-0.4, -0.2) is 4.98 Å². The Morgan fingerprint density at radius 2 is 1.79 bits per heavy atom. The van der Waals surface area contributed by atoms with Crippen LogP contribution < -0.4 is 14.6 Å². The zero-order valence-electron chi connectivity index (χ0n) is 12.8. The van der Waals surface area contributed by atoms with Gasteiger partial charge in [-0.25, -0.2) is 14.5 Å². The number of anilines is 2. The van der Waals surface area contributed by atoms with E-state index in [9.17, 15) is 5.11 Å². The molecule has 118 valence electrons. The van der Waals surface area contributed by atoms with E-state index in [0.717, 1.165) is 17.0 Å². The van der Waals surface area contributed by atoms with E-state index in [1.165, 1.54) is 0 Å². The normalized spacial score (nSPS) is 13.8. The number of hydrogen-bond donors (Lipinski definition) is 0. The Morgan fingerprint density at radius 3 is 2.54 bits per heavy atom. The van der Waals surface area contributed by atoms with Crippen molar-refractivity contribution in [2.24, 2.45) is 0 Å². The minimum absolute atomic E-state index is 0.0449. The molecule has 0 unspecified atom stereocenters. The minimum atomic E-state index is -0.0449. The lowest BCUT2D eigenvalue weighted by atomic mass is 10.0. The number of benzene rings is 1. The molecule has 0 aliphatic carbocycles. The van der Waals surface area contributed by atoms with Crippen LogP contribution in [-0.2, 0) is 6.54 Å². The quantitative estimate of drug-likeness (QED) is 0.534. The maximum atomic E-state index is 13.2. The minimum Gasteiger partial charge on any atom is -0.842 e. The number of fused-ring (bicyclic) bond motifs is 1. The summed E-state index contributed by atoms with van der Waals surface area (Å²) in [5.41, 5.74) is 2.36. The molecule has 1 aromatic carbocycles. The second-order valence-corrected chi connectivity index (χ2v) is 5.90. The lowest BCUT2D eigenvalue weighted by Crippen LogP contribution is -2.47. The number of hydrogen-bond acceptors (Lipinski definition) is 3. The third kappa shape index (κ3) is 2.51. The van der Waals surface area contributed by atoms with Crippen LogP contribution in [0, 0.1) is 0 Å². The van der Waals surface area contributed by atoms with Crippen LogP contribution in [0.2, 0.25) is 5.15 Å². The largest absolute Gasteiger partial charge is 0.842 e. The molecular formula is C19H14ClN3O. The highest BCUT2D eigenvalue weighted by molar-refractivity contribution is 6.29. The molecule has 0 fully saturated rings. The van der Waals surface area contributed by atoms with Gasteiger partial charge in [0.15, 0.2) is 5.69 Å². The first-order valence-electron chi connectivity index (χ1n) is 7.60. The fourth-order valence-electron chi connectivity index (χ4n) is 2.88. The van der Waals surface area contributed by atoms with E-state index >= 15 is 0 Å². The van der Waals surface area contributed by atoms with Gasteiger partial charge in [0.25, 0.3) is 5.82 Å². The van der Waals surface area contributed by atoms with Crippen molar-refractivity contribution in [2.45, 2.75) is 6.54 Å². The van der Waals surface area contributed by atoms with Crippen molar-refractivity contribution in [3.8, 4) is 0 Å². The van der Waals surface area contributed by atoms with Crippen molar-refractivity contribution in [2.75, 3.05) is 4.90 Å². The van der Waals surface area contributed by atoms with Crippen LogP contribution >= 0.6 is 11.6 Å². The lowest BCUT2D eigenvalue weighted by molar-refractivity contribution is -0.674. The molecular weight excluding hydrogens is 322 g/mol. The maximum absolute atomic E-state index is 13.2. The zero-order chi connectivity index (χ0) is 16.5. The smallest absolute Gasteiger partial charge is 0.286 e. The van der Waals surface area contributed by atoms with Crippen LogP contribution in [0.25, 0.3) is 5.57 Å². The van der Waals surface area contributed by atoms with Gasteiger partial charge in [0.2, 0.25) is 0 Å². The van der Waals surface area contributed by atoms with E-state index in [0.29, 0.717) is 17.4 Å². The molecule has 2 aromatic heterocycles. The third-order valence-corrected chi connectivity index (χ3v) is 4.25. The van der Waals surface area contributed by atoms with Crippen LogP contribution in [0.5, 0.6) is 0 Å². The number of halogens is 1. The van der Waals surface area contributed by atoms with Crippen molar-refractivity contribution in [3.63, 3.8) is 0 Å². The molecule has 24 heavy (non-hydrogen) atoms. The Morgan fingerprint density at radius 1 is 1.00 bits per heavy atom. The number of rotatable bonds is 2. The third-order valence-electron chi connectivity index (χ3n) is 4.03. The van der Waals surface area contributed by atoms with Gasteiger partial charge >= 0.3 is 0 Å². The number of pyridine rings is 2. The number of allylic oxidation sites excluding steroid dienone is 1. The standard InChI is InChI=1S/C19H14ClN3O/c20-17-10-9-15(12-21-17)23-18-8-4-5-11-22(18)13-16(19(23)24)14-6-2-1-3-7-14/h1-12H,13H2. The SMILES string of the molecule is [O-]C1=C(c2ccccc2)C[n+]2ccccc2N1c1ccc(Cl)nc1. The summed E-state index contributed by atoms with van der Waals surface area (Å²) in [6.45, 7) is 0.538. The van der Waals surface area contributed by atoms with Gasteiger partial charge in [0.1, 0.15) is 11.7 Å². The second-order valence-electron chi connectivity index (χ2n) is 5.51. The van der Waals surface area contributed by atoms with E-state index in [2.05, 4.69) is 9.55 Å². The van der Waals surface area contributed by atoms with Crippen molar-refractivity contribution >= 4 is 28.7 Å². The summed E-state index contributed by atoms with van der Waals surface area (Å²) in [5.74, 6) is 0.767. The first-order valence-corrected chi connectivity index (χ1v) is 7.97. The monoisotopic (exact) mass is 335 g/mol. The van der Waals surface area contributed by atoms with Crippen molar-refractivity contribution < 1.29 is 9.67 Å². The van der Waals surface area contributed by atoms with E-state index in [4.69, 9.17) is 11.6 Å². The highest BCUT2D eigenvalue weighted by atomic mass is 35.5. The predicted octanol–water partition coefficient (Wildman–Crippen LogP) is 2.90. The highest BCUT2D eigenvalue weighted by Crippen LogP contribution is 2.32. The van der Waals surface area contributed by atoms with Gasteiger partial charge in [-0.3, -0.25) is 0 Å². The summed E-state index contributed by atoms with van der Waals surface area (Å²) < 4.78 is 2.05. The molecule has 5 heteroatoms.